The minimum atomic E-state index is -1.64. The molecule has 25 heteroatoms. The number of hydrogen-bond acceptors (Lipinski definition) is 16. The zero-order chi connectivity index (χ0) is 76.1. The predicted molar refractivity (Wildman–Crippen MR) is 381 cm³/mol. The lowest BCUT2D eigenvalue weighted by Crippen LogP contribution is -2.64. The summed E-state index contributed by atoms with van der Waals surface area (Å²) in [6, 6.07) is -10.3. The number of rotatable bonds is 19. The standard InChI is InChI=1S/C74H128N10O15/c1-27-29-30-48(13)66(99-53(18)85)65-67(90)75-55(28-2)71(94)77(20)52(17)69(92)82(25)64(51(16)41-98-42-62(89)84-33-31-76(19)32-34-84)61(88)40-54(46(9)10)70(93)78(21)56(35-43(3)4)60(87)38-49(14)59(86)39-50(15)68(91)79(22)57(36-44(5)6)72(95)80(23)58(37-45(7)8)73(96)81(24)63(47(11)12)74(97)83(65)26/h27,29,43-52,54-58,63-66H,28,30-42H2,1-26H3,(H,75,90)/b29-27+/t48-,49-,50+,51-,52-,54+,55+,56+,57+,58+,63+,64+,65+,66-/m1/s1. The molecule has 0 bridgehead atoms. The van der Waals surface area contributed by atoms with Gasteiger partial charge in [0.1, 0.15) is 54.7 Å². The lowest BCUT2D eigenvalue weighted by atomic mass is 9.83. The van der Waals surface area contributed by atoms with Crippen molar-refractivity contribution in [2.45, 2.75) is 230 Å². The fraction of sp³-hybridized carbons (Fsp3) is 0.797. The van der Waals surface area contributed by atoms with Crippen molar-refractivity contribution in [1.29, 1.82) is 0 Å². The molecule has 2 aliphatic heterocycles. The van der Waals surface area contributed by atoms with E-state index in [1.807, 2.05) is 54.7 Å². The van der Waals surface area contributed by atoms with Crippen molar-refractivity contribution in [2.75, 3.05) is 95.8 Å². The van der Waals surface area contributed by atoms with Crippen molar-refractivity contribution in [3.8, 4) is 0 Å². The van der Waals surface area contributed by atoms with Crippen LogP contribution in [0, 0.1) is 59.2 Å². The molecule has 2 fully saturated rings. The number of ether oxygens (including phenoxy) is 2. The molecule has 0 spiro atoms. The lowest BCUT2D eigenvalue weighted by molar-refractivity contribution is -0.164. The maximum Gasteiger partial charge on any atom is 0.303 e. The van der Waals surface area contributed by atoms with Crippen LogP contribution in [-0.4, -0.2) is 271 Å². The number of esters is 1. The number of hydrogen-bond donors (Lipinski definition) is 1. The molecule has 2 heterocycles. The second-order valence-electron chi connectivity index (χ2n) is 30.5. The summed E-state index contributed by atoms with van der Waals surface area (Å²) in [5, 5.41) is 2.83. The summed E-state index contributed by atoms with van der Waals surface area (Å²) < 4.78 is 12.0. The van der Waals surface area contributed by atoms with Crippen LogP contribution >= 0.6 is 0 Å². The summed E-state index contributed by atoms with van der Waals surface area (Å²) >= 11 is 0. The summed E-state index contributed by atoms with van der Waals surface area (Å²) in [7, 11) is 12.0. The lowest BCUT2D eigenvalue weighted by Gasteiger charge is -2.42. The maximum atomic E-state index is 15.6. The van der Waals surface area contributed by atoms with Crippen molar-refractivity contribution in [1.82, 2.24) is 49.4 Å². The molecule has 2 saturated heterocycles. The van der Waals surface area contributed by atoms with Crippen LogP contribution in [0.4, 0.5) is 0 Å². The number of allylic oxidation sites excluding steroid dienone is 2. The van der Waals surface area contributed by atoms with Crippen LogP contribution in [0.15, 0.2) is 12.2 Å². The molecule has 564 valence electrons. The van der Waals surface area contributed by atoms with Crippen LogP contribution in [0.1, 0.15) is 176 Å². The quantitative estimate of drug-likeness (QED) is 0.117. The van der Waals surface area contributed by atoms with Gasteiger partial charge in [-0.05, 0) is 88.5 Å². The number of carbonyl (C=O) groups is 13. The molecular formula is C74H128N10O15. The number of ketones is 3. The Morgan fingerprint density at radius 3 is 1.47 bits per heavy atom. The van der Waals surface area contributed by atoms with E-state index in [1.165, 1.54) is 87.7 Å². The van der Waals surface area contributed by atoms with Gasteiger partial charge in [0.15, 0.2) is 11.6 Å². The highest BCUT2D eigenvalue weighted by Gasteiger charge is 2.48. The molecule has 0 aliphatic carbocycles. The summed E-state index contributed by atoms with van der Waals surface area (Å²) in [5.74, 6) is -13.6. The molecular weight excluding hydrogens is 1270 g/mol. The summed E-state index contributed by atoms with van der Waals surface area (Å²) in [6.45, 7) is 32.9. The maximum absolute atomic E-state index is 15.6. The third-order valence-corrected chi connectivity index (χ3v) is 20.0. The van der Waals surface area contributed by atoms with E-state index in [0.717, 1.165) is 9.80 Å². The Balaban J connectivity index is 3.11. The zero-order valence-electron chi connectivity index (χ0n) is 65.2. The molecule has 0 unspecified atom stereocenters. The fourth-order valence-corrected chi connectivity index (χ4v) is 13.5. The van der Waals surface area contributed by atoms with E-state index in [1.54, 1.807) is 80.2 Å². The number of likely N-dealkylation sites (N-methyl/N-ethyl adjacent to an activating group) is 8. The van der Waals surface area contributed by atoms with Gasteiger partial charge in [-0.25, -0.2) is 0 Å². The number of nitrogens with one attached hydrogen (secondary N) is 1. The van der Waals surface area contributed by atoms with Gasteiger partial charge in [-0.2, -0.15) is 0 Å². The van der Waals surface area contributed by atoms with E-state index in [9.17, 15) is 28.8 Å². The van der Waals surface area contributed by atoms with Crippen molar-refractivity contribution in [3.63, 3.8) is 0 Å². The molecule has 0 radical (unpaired) electrons. The van der Waals surface area contributed by atoms with Gasteiger partial charge in [-0.15, -0.1) is 0 Å². The van der Waals surface area contributed by atoms with Gasteiger partial charge >= 0.3 is 5.97 Å². The van der Waals surface area contributed by atoms with Crippen LogP contribution < -0.4 is 5.32 Å². The van der Waals surface area contributed by atoms with Crippen LogP contribution in [0.3, 0.4) is 0 Å². The normalized spacial score (nSPS) is 27.1. The highest BCUT2D eigenvalue weighted by molar-refractivity contribution is 6.00. The van der Waals surface area contributed by atoms with Crippen molar-refractivity contribution >= 4 is 76.5 Å². The summed E-state index contributed by atoms with van der Waals surface area (Å²) in [5.41, 5.74) is 0. The predicted octanol–water partition coefficient (Wildman–Crippen LogP) is 5.88. The monoisotopic (exact) mass is 1400 g/mol. The first kappa shape index (κ1) is 88.5. The highest BCUT2D eigenvalue weighted by atomic mass is 16.5. The largest absolute Gasteiger partial charge is 0.459 e. The Bertz CT molecular complexity index is 2800. The van der Waals surface area contributed by atoms with Crippen LogP contribution in [-0.2, 0) is 71.8 Å². The van der Waals surface area contributed by atoms with E-state index in [4.69, 9.17) is 9.47 Å². The van der Waals surface area contributed by atoms with E-state index in [2.05, 4.69) is 10.2 Å². The molecule has 99 heavy (non-hydrogen) atoms. The molecule has 0 aromatic rings. The Morgan fingerprint density at radius 2 is 0.990 bits per heavy atom. The first-order valence-electron chi connectivity index (χ1n) is 36.0. The van der Waals surface area contributed by atoms with E-state index in [0.29, 0.717) is 26.2 Å². The number of Topliss-reactive ketones (excluding diaryl/α,β-unsaturated/α-hetero) is 3. The first-order chi connectivity index (χ1) is 45.9. The molecule has 9 amide bonds. The topological polar surface area (TPSA) is 282 Å². The van der Waals surface area contributed by atoms with Crippen molar-refractivity contribution < 1.29 is 71.8 Å². The number of carbonyl (C=O) groups excluding carboxylic acids is 13. The van der Waals surface area contributed by atoms with Crippen LogP contribution in [0.5, 0.6) is 0 Å². The summed E-state index contributed by atoms with van der Waals surface area (Å²) in [6.07, 6.45) is 2.05. The van der Waals surface area contributed by atoms with Gasteiger partial charge in [-0.3, -0.25) is 62.3 Å². The molecule has 14 atom stereocenters. The third-order valence-electron chi connectivity index (χ3n) is 20.0. The molecule has 0 aromatic heterocycles. The molecule has 0 saturated carbocycles. The van der Waals surface area contributed by atoms with Crippen molar-refractivity contribution in [3.05, 3.63) is 12.2 Å². The van der Waals surface area contributed by atoms with Crippen LogP contribution in [0.25, 0.3) is 0 Å². The molecule has 1 N–H and O–H groups in total. The van der Waals surface area contributed by atoms with Gasteiger partial charge in [0.25, 0.3) is 0 Å². The Morgan fingerprint density at radius 1 is 0.515 bits per heavy atom. The second kappa shape index (κ2) is 40.7. The molecule has 0 aromatic carbocycles. The van der Waals surface area contributed by atoms with Crippen LogP contribution in [0.2, 0.25) is 0 Å². The van der Waals surface area contributed by atoms with E-state index < -0.39 is 173 Å². The third kappa shape index (κ3) is 24.8. The van der Waals surface area contributed by atoms with Gasteiger partial charge in [0, 0.05) is 125 Å². The zero-order valence-corrected chi connectivity index (χ0v) is 65.2. The Labute approximate surface area is 592 Å². The van der Waals surface area contributed by atoms with Gasteiger partial charge in [-0.1, -0.05) is 116 Å². The average Bonchev–Trinajstić information content (AvgIpc) is 0.804. The highest BCUT2D eigenvalue weighted by Crippen LogP contribution is 2.30. The summed E-state index contributed by atoms with van der Waals surface area (Å²) in [4.78, 5) is 205. The van der Waals surface area contributed by atoms with E-state index in [-0.39, 0.29) is 81.8 Å². The molecule has 2 aliphatic rings. The first-order valence-corrected chi connectivity index (χ1v) is 36.0. The number of nitrogens with zero attached hydrogens (tertiary/aromatic N) is 9. The minimum Gasteiger partial charge on any atom is -0.459 e. The Kier molecular flexibility index (Phi) is 36.4. The van der Waals surface area contributed by atoms with E-state index >= 15 is 33.6 Å². The fourth-order valence-electron chi connectivity index (χ4n) is 13.5. The second-order valence-corrected chi connectivity index (χ2v) is 30.5. The SMILES string of the molecule is C/C=C/C[C@@H](C)[C@@H](OC(C)=O)[C@H]1C(=O)N[C@@H](CC)C(=O)N(C)[C@H](C)C(=O)N(C)[C@@H]([C@H](C)COCC(=O)N2CCN(C)CC2)C(=O)C[C@@H](C(C)C)C(=O)N(C)[C@@H](CC(C)C)C(=O)C[C@@H](C)C(=O)C[C@H](C)C(=O)N(C)[C@@H](CC(C)C)C(=O)N(C)[C@@H](CC(C)C)C(=O)N(C)[C@@H](C(C)C)C(=O)N1C. The number of amides is 9. The molecule has 25 nitrogen and oxygen atoms in total. The minimum absolute atomic E-state index is 0.0408. The average molecular weight is 1400 g/mol. The molecule has 2 rings (SSSR count). The Hall–Kier alpha value is -6.63. The smallest absolute Gasteiger partial charge is 0.303 e. The van der Waals surface area contributed by atoms with Crippen molar-refractivity contribution in [2.24, 2.45) is 59.2 Å². The van der Waals surface area contributed by atoms with Gasteiger partial charge in [0.05, 0.1) is 18.7 Å². The number of piperazine rings is 1. The van der Waals surface area contributed by atoms with Gasteiger partial charge in [0.2, 0.25) is 53.2 Å². The van der Waals surface area contributed by atoms with Gasteiger partial charge < -0.3 is 58.9 Å².